The minimum absolute atomic E-state index is 0.0392. The van der Waals surface area contributed by atoms with E-state index in [0.717, 1.165) is 0 Å². The molecule has 2 rings (SSSR count). The predicted molar refractivity (Wildman–Crippen MR) is 72.7 cm³/mol. The molecule has 1 aromatic heterocycles. The smallest absolute Gasteiger partial charge is 0.357 e. The number of hydrogen-bond acceptors (Lipinski definition) is 2. The average molecular weight is 327 g/mol. The number of aromatic carboxylic acids is 1. The van der Waals surface area contributed by atoms with Crippen LogP contribution in [0.1, 0.15) is 30.4 Å². The third-order valence-corrected chi connectivity index (χ3v) is 3.39. The molecule has 4 nitrogen and oxygen atoms in total. The first-order valence-electron chi connectivity index (χ1n) is 5.69. The van der Waals surface area contributed by atoms with E-state index < -0.39 is 5.97 Å². The van der Waals surface area contributed by atoms with Crippen LogP contribution in [0.15, 0.2) is 28.7 Å². The minimum atomic E-state index is -1.12. The Kier molecular flexibility index (Phi) is 3.71. The van der Waals surface area contributed by atoms with Gasteiger partial charge in [0.15, 0.2) is 5.69 Å². The summed E-state index contributed by atoms with van der Waals surface area (Å²) in [6, 6.07) is 5.95. The van der Waals surface area contributed by atoms with Gasteiger partial charge in [-0.2, -0.15) is 5.10 Å². The highest BCUT2D eigenvalue weighted by molar-refractivity contribution is 9.10. The maximum absolute atomic E-state index is 13.3. The Bertz CT molecular complexity index is 638. The molecule has 0 spiro atoms. The topological polar surface area (TPSA) is 55.1 Å². The maximum Gasteiger partial charge on any atom is 0.357 e. The number of benzene rings is 1. The Hall–Kier alpha value is -1.69. The predicted octanol–water partition coefficient (Wildman–Crippen LogP) is 3.73. The Morgan fingerprint density at radius 2 is 2.16 bits per heavy atom. The molecule has 0 saturated carbocycles. The standard InChI is InChI=1S/C13H12BrFN2O2/c1-7(2)17-12(8-4-3-5-9(15)6-8)10(14)11(16-17)13(18)19/h3-7H,1-2H3,(H,18,19). The van der Waals surface area contributed by atoms with Gasteiger partial charge >= 0.3 is 5.97 Å². The molecule has 0 saturated heterocycles. The normalized spacial score (nSPS) is 11.0. The Labute approximate surface area is 118 Å². The Morgan fingerprint density at radius 3 is 2.68 bits per heavy atom. The summed E-state index contributed by atoms with van der Waals surface area (Å²) in [6.07, 6.45) is 0. The van der Waals surface area contributed by atoms with Crippen LogP contribution < -0.4 is 0 Å². The average Bonchev–Trinajstić information content (AvgIpc) is 2.67. The first-order valence-corrected chi connectivity index (χ1v) is 6.48. The Morgan fingerprint density at radius 1 is 1.47 bits per heavy atom. The molecule has 0 radical (unpaired) electrons. The highest BCUT2D eigenvalue weighted by Crippen LogP contribution is 2.33. The van der Waals surface area contributed by atoms with Crippen molar-refractivity contribution in [3.8, 4) is 11.3 Å². The molecule has 0 aliphatic heterocycles. The van der Waals surface area contributed by atoms with Gasteiger partial charge in [-0.15, -0.1) is 0 Å². The van der Waals surface area contributed by atoms with E-state index in [-0.39, 0.29) is 17.6 Å². The van der Waals surface area contributed by atoms with Gasteiger partial charge in [0.2, 0.25) is 0 Å². The summed E-state index contributed by atoms with van der Waals surface area (Å²) >= 11 is 3.25. The molecule has 1 N–H and O–H groups in total. The van der Waals surface area contributed by atoms with Crippen LogP contribution in [-0.4, -0.2) is 20.9 Å². The van der Waals surface area contributed by atoms with E-state index in [0.29, 0.717) is 15.7 Å². The van der Waals surface area contributed by atoms with Crippen molar-refractivity contribution in [2.45, 2.75) is 19.9 Å². The molecule has 19 heavy (non-hydrogen) atoms. The third-order valence-electron chi connectivity index (χ3n) is 2.64. The molecule has 100 valence electrons. The largest absolute Gasteiger partial charge is 0.476 e. The van der Waals surface area contributed by atoms with Crippen LogP contribution in [0.3, 0.4) is 0 Å². The van der Waals surface area contributed by atoms with Crippen molar-refractivity contribution < 1.29 is 14.3 Å². The summed E-state index contributed by atoms with van der Waals surface area (Å²) in [4.78, 5) is 11.1. The monoisotopic (exact) mass is 326 g/mol. The van der Waals surface area contributed by atoms with E-state index in [9.17, 15) is 9.18 Å². The molecular weight excluding hydrogens is 315 g/mol. The zero-order chi connectivity index (χ0) is 14.2. The van der Waals surface area contributed by atoms with E-state index in [1.54, 1.807) is 16.8 Å². The van der Waals surface area contributed by atoms with Gasteiger partial charge in [0, 0.05) is 11.6 Å². The van der Waals surface area contributed by atoms with Crippen molar-refractivity contribution in [3.63, 3.8) is 0 Å². The lowest BCUT2D eigenvalue weighted by atomic mass is 10.1. The van der Waals surface area contributed by atoms with E-state index in [1.807, 2.05) is 13.8 Å². The van der Waals surface area contributed by atoms with E-state index in [2.05, 4.69) is 21.0 Å². The number of hydrogen-bond donors (Lipinski definition) is 1. The third kappa shape index (κ3) is 2.53. The maximum atomic E-state index is 13.3. The highest BCUT2D eigenvalue weighted by Gasteiger charge is 2.23. The van der Waals surface area contributed by atoms with Gasteiger partial charge in [0.25, 0.3) is 0 Å². The number of nitrogens with zero attached hydrogens (tertiary/aromatic N) is 2. The van der Waals surface area contributed by atoms with Gasteiger partial charge in [-0.1, -0.05) is 12.1 Å². The molecule has 2 aromatic rings. The lowest BCUT2D eigenvalue weighted by Gasteiger charge is -2.11. The van der Waals surface area contributed by atoms with E-state index >= 15 is 0 Å². The van der Waals surface area contributed by atoms with Crippen LogP contribution in [0.25, 0.3) is 11.3 Å². The molecule has 0 aliphatic carbocycles. The van der Waals surface area contributed by atoms with Crippen LogP contribution in [0.5, 0.6) is 0 Å². The minimum Gasteiger partial charge on any atom is -0.476 e. The summed E-state index contributed by atoms with van der Waals surface area (Å²) < 4.78 is 15.3. The molecule has 0 aliphatic rings. The quantitative estimate of drug-likeness (QED) is 0.934. The van der Waals surface area contributed by atoms with Crippen molar-refractivity contribution in [3.05, 3.63) is 40.2 Å². The highest BCUT2D eigenvalue weighted by atomic mass is 79.9. The van der Waals surface area contributed by atoms with Crippen LogP contribution in [-0.2, 0) is 0 Å². The number of carbonyl (C=O) groups is 1. The van der Waals surface area contributed by atoms with E-state index in [1.165, 1.54) is 12.1 Å². The number of carboxylic acids is 1. The number of aromatic nitrogens is 2. The van der Waals surface area contributed by atoms with E-state index in [4.69, 9.17) is 5.11 Å². The van der Waals surface area contributed by atoms with Gasteiger partial charge in [-0.3, -0.25) is 4.68 Å². The van der Waals surface area contributed by atoms with Crippen molar-refractivity contribution in [2.75, 3.05) is 0 Å². The molecule has 1 aromatic carbocycles. The van der Waals surface area contributed by atoms with Gasteiger partial charge in [-0.25, -0.2) is 9.18 Å². The second-order valence-electron chi connectivity index (χ2n) is 4.37. The van der Waals surface area contributed by atoms with Gasteiger partial charge < -0.3 is 5.11 Å². The fraction of sp³-hybridized carbons (Fsp3) is 0.231. The molecule has 0 amide bonds. The molecule has 6 heteroatoms. The molecule has 0 bridgehead atoms. The lowest BCUT2D eigenvalue weighted by molar-refractivity contribution is 0.0688. The number of rotatable bonds is 3. The summed E-state index contributed by atoms with van der Waals surface area (Å²) in [5.74, 6) is -1.50. The van der Waals surface area contributed by atoms with Crippen LogP contribution in [0.4, 0.5) is 4.39 Å². The summed E-state index contributed by atoms with van der Waals surface area (Å²) in [5, 5.41) is 13.2. The van der Waals surface area contributed by atoms with Gasteiger partial charge in [0.05, 0.1) is 10.2 Å². The zero-order valence-electron chi connectivity index (χ0n) is 10.4. The van der Waals surface area contributed by atoms with Crippen molar-refractivity contribution in [1.82, 2.24) is 9.78 Å². The first-order chi connectivity index (χ1) is 8.91. The van der Waals surface area contributed by atoms with Crippen molar-refractivity contribution in [1.29, 1.82) is 0 Å². The van der Waals surface area contributed by atoms with Gasteiger partial charge in [-0.05, 0) is 41.9 Å². The first kappa shape index (κ1) is 13.7. The molecule has 0 atom stereocenters. The summed E-state index contributed by atoms with van der Waals surface area (Å²) in [5.41, 5.74) is 1.07. The van der Waals surface area contributed by atoms with Gasteiger partial charge in [0.1, 0.15) is 5.82 Å². The van der Waals surface area contributed by atoms with Crippen molar-refractivity contribution >= 4 is 21.9 Å². The summed E-state index contributed by atoms with van der Waals surface area (Å²) in [6.45, 7) is 3.77. The molecular formula is C13H12BrFN2O2. The van der Waals surface area contributed by atoms with Crippen LogP contribution in [0.2, 0.25) is 0 Å². The number of halogens is 2. The second-order valence-corrected chi connectivity index (χ2v) is 5.16. The number of carboxylic acid groups (broad SMARTS) is 1. The second kappa shape index (κ2) is 5.13. The SMILES string of the molecule is CC(C)n1nc(C(=O)O)c(Br)c1-c1cccc(F)c1. The fourth-order valence-corrected chi connectivity index (χ4v) is 2.48. The van der Waals surface area contributed by atoms with Crippen molar-refractivity contribution in [2.24, 2.45) is 0 Å². The van der Waals surface area contributed by atoms with Crippen LogP contribution >= 0.6 is 15.9 Å². The zero-order valence-corrected chi connectivity index (χ0v) is 12.0. The van der Waals surface area contributed by atoms with Crippen LogP contribution in [0, 0.1) is 5.82 Å². The summed E-state index contributed by atoms with van der Waals surface area (Å²) in [7, 11) is 0. The lowest BCUT2D eigenvalue weighted by Crippen LogP contribution is -2.06. The molecule has 0 fully saturated rings. The molecule has 1 heterocycles. The molecule has 0 unspecified atom stereocenters. The Balaban J connectivity index is 2.71. The fourth-order valence-electron chi connectivity index (χ4n) is 1.82.